The molecule has 1 aliphatic carbocycles. The van der Waals surface area contributed by atoms with Crippen LogP contribution in [0.5, 0.6) is 0 Å². The summed E-state index contributed by atoms with van der Waals surface area (Å²) in [5.41, 5.74) is 0. The largest absolute Gasteiger partial charge is 0.353 e. The van der Waals surface area contributed by atoms with Crippen molar-refractivity contribution in [3.8, 4) is 0 Å². The molecule has 1 amide bonds. The number of piperidine rings is 1. The van der Waals surface area contributed by atoms with E-state index < -0.39 is 0 Å². The van der Waals surface area contributed by atoms with Gasteiger partial charge in [0.15, 0.2) is 0 Å². The van der Waals surface area contributed by atoms with Gasteiger partial charge in [0.05, 0.1) is 0 Å². The van der Waals surface area contributed by atoms with Gasteiger partial charge in [-0.15, -0.1) is 12.4 Å². The topological polar surface area (TPSA) is 41.1 Å². The number of hydrogen-bond donors (Lipinski definition) is 2. The highest BCUT2D eigenvalue weighted by Gasteiger charge is 2.20. The number of carbonyl (C=O) groups is 1. The fraction of sp³-hybridized carbons (Fsp3) is 0.917. The smallest absolute Gasteiger partial charge is 0.220 e. The fourth-order valence-corrected chi connectivity index (χ4v) is 2.73. The van der Waals surface area contributed by atoms with Crippen LogP contribution < -0.4 is 10.6 Å². The van der Waals surface area contributed by atoms with E-state index in [1.165, 1.54) is 25.7 Å². The maximum atomic E-state index is 11.7. The molecule has 0 aromatic rings. The van der Waals surface area contributed by atoms with E-state index in [4.69, 9.17) is 0 Å². The van der Waals surface area contributed by atoms with Crippen molar-refractivity contribution in [2.45, 2.75) is 51.0 Å². The van der Waals surface area contributed by atoms with Gasteiger partial charge in [0.1, 0.15) is 0 Å². The van der Waals surface area contributed by atoms with Crippen LogP contribution in [-0.4, -0.2) is 25.0 Å². The SMILES string of the molecule is Cl.O=C(CC1CCCC1)NC1CCNCC1. The first-order valence-corrected chi connectivity index (χ1v) is 6.34. The molecule has 0 aromatic heterocycles. The molecule has 0 bridgehead atoms. The Hall–Kier alpha value is -0.280. The van der Waals surface area contributed by atoms with Crippen LogP contribution in [0, 0.1) is 5.92 Å². The predicted octanol–water partition coefficient (Wildman–Crippen LogP) is 1.86. The van der Waals surface area contributed by atoms with E-state index in [9.17, 15) is 4.79 Å². The molecule has 4 heteroatoms. The minimum Gasteiger partial charge on any atom is -0.353 e. The Kier molecular flexibility index (Phi) is 6.14. The Bertz CT molecular complexity index is 211. The summed E-state index contributed by atoms with van der Waals surface area (Å²) in [6, 6.07) is 0.431. The molecule has 2 fully saturated rings. The second-order valence-corrected chi connectivity index (χ2v) is 4.95. The Morgan fingerprint density at radius 2 is 1.75 bits per heavy atom. The third kappa shape index (κ3) is 4.30. The van der Waals surface area contributed by atoms with Gasteiger partial charge in [-0.25, -0.2) is 0 Å². The standard InChI is InChI=1S/C12H22N2O.ClH/c15-12(9-10-3-1-2-4-10)14-11-5-7-13-8-6-11;/h10-11,13H,1-9H2,(H,14,15);1H. The molecule has 0 radical (unpaired) electrons. The van der Waals surface area contributed by atoms with Gasteiger partial charge in [0.25, 0.3) is 0 Å². The van der Waals surface area contributed by atoms with Gasteiger partial charge in [-0.2, -0.15) is 0 Å². The molecule has 2 N–H and O–H groups in total. The maximum Gasteiger partial charge on any atom is 0.220 e. The summed E-state index contributed by atoms with van der Waals surface area (Å²) in [5.74, 6) is 0.959. The number of amides is 1. The zero-order chi connectivity index (χ0) is 10.5. The van der Waals surface area contributed by atoms with Gasteiger partial charge in [0.2, 0.25) is 5.91 Å². The van der Waals surface area contributed by atoms with Gasteiger partial charge in [-0.3, -0.25) is 4.79 Å². The van der Waals surface area contributed by atoms with Crippen molar-refractivity contribution in [3.05, 3.63) is 0 Å². The van der Waals surface area contributed by atoms with Crippen LogP contribution in [0.4, 0.5) is 0 Å². The Morgan fingerprint density at radius 3 is 2.38 bits per heavy atom. The number of rotatable bonds is 3. The van der Waals surface area contributed by atoms with E-state index in [-0.39, 0.29) is 18.3 Å². The van der Waals surface area contributed by atoms with Crippen molar-refractivity contribution >= 4 is 18.3 Å². The van der Waals surface area contributed by atoms with Gasteiger partial charge < -0.3 is 10.6 Å². The van der Waals surface area contributed by atoms with Gasteiger partial charge >= 0.3 is 0 Å². The van der Waals surface area contributed by atoms with Crippen molar-refractivity contribution in [3.63, 3.8) is 0 Å². The van der Waals surface area contributed by atoms with Gasteiger partial charge in [-0.1, -0.05) is 12.8 Å². The van der Waals surface area contributed by atoms with Gasteiger partial charge in [-0.05, 0) is 44.7 Å². The first kappa shape index (κ1) is 13.8. The summed E-state index contributed by atoms with van der Waals surface area (Å²) < 4.78 is 0. The van der Waals surface area contributed by atoms with E-state index >= 15 is 0 Å². The molecule has 0 aromatic carbocycles. The van der Waals surface area contributed by atoms with E-state index in [0.717, 1.165) is 32.4 Å². The molecule has 2 aliphatic rings. The summed E-state index contributed by atoms with van der Waals surface area (Å²) >= 11 is 0. The first-order chi connectivity index (χ1) is 7.34. The van der Waals surface area contributed by atoms with Crippen LogP contribution in [0.1, 0.15) is 44.9 Å². The molecule has 3 nitrogen and oxygen atoms in total. The molecule has 0 spiro atoms. The number of carbonyl (C=O) groups excluding carboxylic acids is 1. The van der Waals surface area contributed by atoms with Gasteiger partial charge in [0, 0.05) is 12.5 Å². The average Bonchev–Trinajstić information content (AvgIpc) is 2.71. The van der Waals surface area contributed by atoms with E-state index in [1.54, 1.807) is 0 Å². The monoisotopic (exact) mass is 246 g/mol. The lowest BCUT2D eigenvalue weighted by Crippen LogP contribution is -2.43. The lowest BCUT2D eigenvalue weighted by molar-refractivity contribution is -0.122. The molecule has 1 saturated carbocycles. The minimum atomic E-state index is 0. The van der Waals surface area contributed by atoms with Crippen molar-refractivity contribution in [1.29, 1.82) is 0 Å². The van der Waals surface area contributed by atoms with Crippen molar-refractivity contribution in [2.75, 3.05) is 13.1 Å². The lowest BCUT2D eigenvalue weighted by atomic mass is 10.0. The van der Waals surface area contributed by atoms with Crippen molar-refractivity contribution in [1.82, 2.24) is 10.6 Å². The zero-order valence-corrected chi connectivity index (χ0v) is 10.7. The quantitative estimate of drug-likeness (QED) is 0.798. The number of hydrogen-bond acceptors (Lipinski definition) is 2. The second-order valence-electron chi connectivity index (χ2n) is 4.95. The molecular weight excluding hydrogens is 224 g/mol. The molecule has 1 saturated heterocycles. The third-order valence-corrected chi connectivity index (χ3v) is 3.65. The predicted molar refractivity (Wildman–Crippen MR) is 67.9 cm³/mol. The number of halogens is 1. The lowest BCUT2D eigenvalue weighted by Gasteiger charge is -2.24. The fourth-order valence-electron chi connectivity index (χ4n) is 2.73. The molecule has 0 atom stereocenters. The highest BCUT2D eigenvalue weighted by atomic mass is 35.5. The average molecular weight is 247 g/mol. The molecule has 1 aliphatic heterocycles. The Labute approximate surface area is 104 Å². The van der Waals surface area contributed by atoms with E-state index in [1.807, 2.05) is 0 Å². The highest BCUT2D eigenvalue weighted by Crippen LogP contribution is 2.27. The summed E-state index contributed by atoms with van der Waals surface area (Å²) in [6.07, 6.45) is 8.13. The van der Waals surface area contributed by atoms with Crippen molar-refractivity contribution < 1.29 is 4.79 Å². The van der Waals surface area contributed by atoms with Crippen LogP contribution in [0.2, 0.25) is 0 Å². The van der Waals surface area contributed by atoms with E-state index in [0.29, 0.717) is 12.0 Å². The summed E-state index contributed by atoms with van der Waals surface area (Å²) in [7, 11) is 0. The zero-order valence-electron chi connectivity index (χ0n) is 9.84. The Morgan fingerprint density at radius 1 is 1.12 bits per heavy atom. The minimum absolute atomic E-state index is 0. The summed E-state index contributed by atoms with van der Waals surface area (Å²) in [5, 5.41) is 6.48. The molecule has 16 heavy (non-hydrogen) atoms. The molecule has 0 unspecified atom stereocenters. The Balaban J connectivity index is 0.00000128. The maximum absolute atomic E-state index is 11.7. The summed E-state index contributed by atoms with van der Waals surface area (Å²) in [6.45, 7) is 2.10. The van der Waals surface area contributed by atoms with Crippen LogP contribution >= 0.6 is 12.4 Å². The second kappa shape index (κ2) is 7.13. The van der Waals surface area contributed by atoms with E-state index in [2.05, 4.69) is 10.6 Å². The molecule has 1 heterocycles. The van der Waals surface area contributed by atoms with Crippen LogP contribution in [0.3, 0.4) is 0 Å². The normalized spacial score (nSPS) is 22.8. The summed E-state index contributed by atoms with van der Waals surface area (Å²) in [4.78, 5) is 11.7. The highest BCUT2D eigenvalue weighted by molar-refractivity contribution is 5.85. The van der Waals surface area contributed by atoms with Crippen molar-refractivity contribution in [2.24, 2.45) is 5.92 Å². The molecular formula is C12H23ClN2O. The third-order valence-electron chi connectivity index (χ3n) is 3.65. The molecule has 94 valence electrons. The van der Waals surface area contributed by atoms with Crippen LogP contribution in [0.25, 0.3) is 0 Å². The van der Waals surface area contributed by atoms with Crippen LogP contribution in [-0.2, 0) is 4.79 Å². The number of nitrogens with one attached hydrogen (secondary N) is 2. The first-order valence-electron chi connectivity index (χ1n) is 6.34. The van der Waals surface area contributed by atoms with Crippen LogP contribution in [0.15, 0.2) is 0 Å². The molecule has 2 rings (SSSR count).